The molecule has 1 aliphatic carbocycles. The lowest BCUT2D eigenvalue weighted by Gasteiger charge is -2.13. The van der Waals surface area contributed by atoms with Gasteiger partial charge in [-0.15, -0.1) is 0 Å². The highest BCUT2D eigenvalue weighted by Crippen LogP contribution is 2.38. The molecule has 1 N–H and O–H groups in total. The van der Waals surface area contributed by atoms with Gasteiger partial charge in [-0.05, 0) is 31.1 Å². The highest BCUT2D eigenvalue weighted by Gasteiger charge is 2.31. The van der Waals surface area contributed by atoms with Crippen LogP contribution >= 0.6 is 0 Å². The molecule has 0 aromatic rings. The Bertz CT molecular complexity index is 163. The normalized spacial score (nSPS) is 21.6. The fraction of sp³-hybridized carbons (Fsp3) is 0.889. The molecule has 0 radical (unpaired) electrons. The van der Waals surface area contributed by atoms with Gasteiger partial charge in [0, 0.05) is 0 Å². The third kappa shape index (κ3) is 2.48. The molecule has 0 amide bonds. The Labute approximate surface area is 72.7 Å². The third-order valence-corrected chi connectivity index (χ3v) is 2.50. The number of carbonyl (C=O) groups is 1. The summed E-state index contributed by atoms with van der Waals surface area (Å²) < 4.78 is 4.42. The van der Waals surface area contributed by atoms with Crippen LogP contribution in [0.4, 0.5) is 0 Å². The van der Waals surface area contributed by atoms with Crippen molar-refractivity contribution < 1.29 is 14.6 Å². The van der Waals surface area contributed by atoms with Crippen molar-refractivity contribution in [2.75, 3.05) is 7.11 Å². The molecule has 1 fully saturated rings. The van der Waals surface area contributed by atoms with E-state index >= 15 is 0 Å². The summed E-state index contributed by atoms with van der Waals surface area (Å²) >= 11 is 0. The average molecular weight is 172 g/mol. The minimum absolute atomic E-state index is 0.444. The first-order chi connectivity index (χ1) is 5.65. The van der Waals surface area contributed by atoms with E-state index in [-0.39, 0.29) is 0 Å². The van der Waals surface area contributed by atoms with Gasteiger partial charge in [-0.25, -0.2) is 4.79 Å². The van der Waals surface area contributed by atoms with Crippen LogP contribution in [0.2, 0.25) is 0 Å². The van der Waals surface area contributed by atoms with Gasteiger partial charge in [-0.1, -0.05) is 6.92 Å². The number of rotatable bonds is 4. The highest BCUT2D eigenvalue weighted by molar-refractivity contribution is 5.74. The van der Waals surface area contributed by atoms with Gasteiger partial charge in [0.25, 0.3) is 0 Å². The van der Waals surface area contributed by atoms with Crippen LogP contribution in [0.3, 0.4) is 0 Å². The monoisotopic (exact) mass is 172 g/mol. The highest BCUT2D eigenvalue weighted by atomic mass is 16.5. The summed E-state index contributed by atoms with van der Waals surface area (Å²) in [6.45, 7) is 2.07. The number of hydrogen-bond acceptors (Lipinski definition) is 3. The van der Waals surface area contributed by atoms with E-state index < -0.39 is 12.1 Å². The van der Waals surface area contributed by atoms with Crippen LogP contribution in [0.25, 0.3) is 0 Å². The van der Waals surface area contributed by atoms with Crippen LogP contribution in [0.15, 0.2) is 0 Å². The van der Waals surface area contributed by atoms with Crippen molar-refractivity contribution in [2.24, 2.45) is 11.8 Å². The quantitative estimate of drug-likeness (QED) is 0.642. The minimum Gasteiger partial charge on any atom is -0.467 e. The summed E-state index contributed by atoms with van der Waals surface area (Å²) in [6.07, 6.45) is 2.10. The van der Waals surface area contributed by atoms with E-state index in [1.54, 1.807) is 0 Å². The van der Waals surface area contributed by atoms with Gasteiger partial charge in [0.15, 0.2) is 6.10 Å². The molecule has 70 valence electrons. The Kier molecular flexibility index (Phi) is 3.09. The Balaban J connectivity index is 2.23. The van der Waals surface area contributed by atoms with Gasteiger partial charge in [0.2, 0.25) is 0 Å². The zero-order valence-corrected chi connectivity index (χ0v) is 7.62. The Morgan fingerprint density at radius 1 is 1.67 bits per heavy atom. The van der Waals surface area contributed by atoms with Crippen LogP contribution < -0.4 is 0 Å². The molecule has 12 heavy (non-hydrogen) atoms. The van der Waals surface area contributed by atoms with Crippen molar-refractivity contribution in [3.63, 3.8) is 0 Å². The minimum atomic E-state index is -0.925. The van der Waals surface area contributed by atoms with E-state index in [1.807, 2.05) is 0 Å². The summed E-state index contributed by atoms with van der Waals surface area (Å²) in [5.74, 6) is 0.658. The molecule has 0 aliphatic heterocycles. The van der Waals surface area contributed by atoms with Crippen molar-refractivity contribution in [2.45, 2.75) is 32.3 Å². The molecule has 3 nitrogen and oxygen atoms in total. The third-order valence-electron chi connectivity index (χ3n) is 2.50. The zero-order chi connectivity index (χ0) is 9.14. The van der Waals surface area contributed by atoms with Gasteiger partial charge in [0.1, 0.15) is 0 Å². The van der Waals surface area contributed by atoms with Gasteiger partial charge < -0.3 is 9.84 Å². The number of hydrogen-bond donors (Lipinski definition) is 1. The molecule has 0 spiro atoms. The summed E-state index contributed by atoms with van der Waals surface area (Å²) in [7, 11) is 1.30. The van der Waals surface area contributed by atoms with E-state index in [0.29, 0.717) is 12.3 Å². The van der Waals surface area contributed by atoms with Crippen molar-refractivity contribution in [1.82, 2.24) is 0 Å². The fourth-order valence-electron chi connectivity index (χ4n) is 1.44. The van der Waals surface area contributed by atoms with E-state index in [4.69, 9.17) is 0 Å². The molecule has 3 heteroatoms. The second-order valence-corrected chi connectivity index (χ2v) is 3.59. The average Bonchev–Trinajstić information content (AvgIpc) is 2.84. The van der Waals surface area contributed by atoms with Gasteiger partial charge in [-0.3, -0.25) is 0 Å². The van der Waals surface area contributed by atoms with Crippen LogP contribution in [-0.4, -0.2) is 24.3 Å². The number of aliphatic hydroxyl groups is 1. The van der Waals surface area contributed by atoms with Crippen LogP contribution in [-0.2, 0) is 9.53 Å². The Morgan fingerprint density at radius 2 is 2.25 bits per heavy atom. The predicted octanol–water partition coefficient (Wildman–Crippen LogP) is 0.956. The van der Waals surface area contributed by atoms with Gasteiger partial charge >= 0.3 is 5.97 Å². The van der Waals surface area contributed by atoms with Crippen LogP contribution in [0, 0.1) is 11.8 Å². The number of methoxy groups -OCH3 is 1. The van der Waals surface area contributed by atoms with Crippen molar-refractivity contribution in [3.05, 3.63) is 0 Å². The van der Waals surface area contributed by atoms with Crippen LogP contribution in [0.1, 0.15) is 26.2 Å². The summed E-state index contributed by atoms with van der Waals surface area (Å²) in [5, 5.41) is 9.29. The maximum Gasteiger partial charge on any atom is 0.334 e. The Morgan fingerprint density at radius 3 is 2.67 bits per heavy atom. The molecule has 1 aliphatic rings. The van der Waals surface area contributed by atoms with Crippen LogP contribution in [0.5, 0.6) is 0 Å². The maximum absolute atomic E-state index is 10.8. The molecule has 0 bridgehead atoms. The fourth-order valence-corrected chi connectivity index (χ4v) is 1.44. The largest absolute Gasteiger partial charge is 0.467 e. The smallest absolute Gasteiger partial charge is 0.334 e. The summed E-state index contributed by atoms with van der Waals surface area (Å²) in [5.41, 5.74) is 0. The number of carbonyl (C=O) groups excluding carboxylic acids is 1. The van der Waals surface area contributed by atoms with Crippen molar-refractivity contribution in [1.29, 1.82) is 0 Å². The Hall–Kier alpha value is -0.570. The van der Waals surface area contributed by atoms with Crippen molar-refractivity contribution >= 4 is 5.97 Å². The molecule has 0 aromatic heterocycles. The molecule has 0 heterocycles. The second-order valence-electron chi connectivity index (χ2n) is 3.59. The predicted molar refractivity (Wildman–Crippen MR) is 44.5 cm³/mol. The first-order valence-electron chi connectivity index (χ1n) is 4.41. The molecular weight excluding hydrogens is 156 g/mol. The number of ether oxygens (including phenoxy) is 1. The second kappa shape index (κ2) is 3.90. The molecule has 1 rings (SSSR count). The lowest BCUT2D eigenvalue weighted by Crippen LogP contribution is -2.24. The first kappa shape index (κ1) is 9.52. The van der Waals surface area contributed by atoms with E-state index in [0.717, 1.165) is 5.92 Å². The SMILES string of the molecule is COC(=O)C(O)CC(C)C1CC1. The molecule has 0 aromatic carbocycles. The number of aliphatic hydroxyl groups excluding tert-OH is 1. The summed E-state index contributed by atoms with van der Waals surface area (Å²) in [6, 6.07) is 0. The lowest BCUT2D eigenvalue weighted by molar-refractivity contribution is -0.151. The molecule has 0 saturated heterocycles. The summed E-state index contributed by atoms with van der Waals surface area (Å²) in [4.78, 5) is 10.8. The standard InChI is InChI=1S/C9H16O3/c1-6(7-3-4-7)5-8(10)9(11)12-2/h6-8,10H,3-5H2,1-2H3. The van der Waals surface area contributed by atoms with E-state index in [9.17, 15) is 9.90 Å². The molecular formula is C9H16O3. The van der Waals surface area contributed by atoms with Gasteiger partial charge in [-0.2, -0.15) is 0 Å². The van der Waals surface area contributed by atoms with E-state index in [1.165, 1.54) is 20.0 Å². The topological polar surface area (TPSA) is 46.5 Å². The molecule has 1 saturated carbocycles. The maximum atomic E-state index is 10.8. The van der Waals surface area contributed by atoms with Gasteiger partial charge in [0.05, 0.1) is 7.11 Å². The number of esters is 1. The van der Waals surface area contributed by atoms with E-state index in [2.05, 4.69) is 11.7 Å². The lowest BCUT2D eigenvalue weighted by atomic mass is 9.99. The molecule has 2 unspecified atom stereocenters. The first-order valence-corrected chi connectivity index (χ1v) is 4.41. The zero-order valence-electron chi connectivity index (χ0n) is 7.62. The van der Waals surface area contributed by atoms with Crippen molar-refractivity contribution in [3.8, 4) is 0 Å². The molecule has 2 atom stereocenters.